The lowest BCUT2D eigenvalue weighted by Crippen LogP contribution is -2.52. The van der Waals surface area contributed by atoms with Gasteiger partial charge in [0, 0.05) is 18.6 Å². The lowest BCUT2D eigenvalue weighted by molar-refractivity contribution is 0.110. The number of carbonyl (C=O) groups is 1. The highest BCUT2D eigenvalue weighted by Crippen LogP contribution is 2.23. The summed E-state index contributed by atoms with van der Waals surface area (Å²) in [6.45, 7) is 0.860. The second-order valence-electron chi connectivity index (χ2n) is 6.99. The largest absolute Gasteiger partial charge is 0.393 e. The normalized spacial score (nSPS) is 28.4. The second-order valence-corrected chi connectivity index (χ2v) is 6.99. The number of carbonyl (C=O) groups excluding carboxylic acids is 1. The number of aliphatic hydroxyl groups is 1. The van der Waals surface area contributed by atoms with E-state index >= 15 is 0 Å². The fourth-order valence-corrected chi connectivity index (χ4v) is 3.84. The van der Waals surface area contributed by atoms with Crippen molar-refractivity contribution in [2.75, 3.05) is 6.54 Å². The van der Waals surface area contributed by atoms with Gasteiger partial charge in [-0.15, -0.1) is 0 Å². The van der Waals surface area contributed by atoms with Crippen molar-refractivity contribution in [3.05, 3.63) is 35.9 Å². The van der Waals surface area contributed by atoms with Crippen molar-refractivity contribution in [3.8, 4) is 0 Å². The lowest BCUT2D eigenvalue weighted by Gasteiger charge is -2.37. The summed E-state index contributed by atoms with van der Waals surface area (Å²) in [5.41, 5.74) is 1.30. The highest BCUT2D eigenvalue weighted by Gasteiger charge is 2.29. The first-order chi connectivity index (χ1) is 11.2. The molecule has 1 saturated heterocycles. The van der Waals surface area contributed by atoms with E-state index in [1.54, 1.807) is 0 Å². The van der Waals surface area contributed by atoms with E-state index in [1.807, 2.05) is 11.0 Å². The zero-order valence-electron chi connectivity index (χ0n) is 13.8. The molecule has 2 aliphatic rings. The van der Waals surface area contributed by atoms with Crippen LogP contribution < -0.4 is 5.32 Å². The molecule has 1 aromatic rings. The van der Waals surface area contributed by atoms with Gasteiger partial charge in [0.2, 0.25) is 0 Å². The quantitative estimate of drug-likeness (QED) is 0.900. The fourth-order valence-electron chi connectivity index (χ4n) is 3.84. The van der Waals surface area contributed by atoms with Crippen LogP contribution in [0.3, 0.4) is 0 Å². The molecule has 0 spiro atoms. The predicted octanol–water partition coefficient (Wildman–Crippen LogP) is 3.10. The van der Waals surface area contributed by atoms with E-state index in [2.05, 4.69) is 29.6 Å². The third kappa shape index (κ3) is 4.47. The van der Waals surface area contributed by atoms with Crippen molar-refractivity contribution < 1.29 is 9.90 Å². The molecule has 23 heavy (non-hydrogen) atoms. The maximum atomic E-state index is 12.7. The Morgan fingerprint density at radius 2 is 1.83 bits per heavy atom. The molecule has 1 saturated carbocycles. The molecule has 2 amide bonds. The molecular weight excluding hydrogens is 288 g/mol. The number of hydrogen-bond donors (Lipinski definition) is 2. The van der Waals surface area contributed by atoms with Gasteiger partial charge in [0.05, 0.1) is 6.10 Å². The highest BCUT2D eigenvalue weighted by molar-refractivity contribution is 5.75. The van der Waals surface area contributed by atoms with Crippen LogP contribution in [-0.2, 0) is 6.42 Å². The third-order valence-corrected chi connectivity index (χ3v) is 5.23. The van der Waals surface area contributed by atoms with Crippen LogP contribution in [0.1, 0.15) is 50.5 Å². The van der Waals surface area contributed by atoms with Gasteiger partial charge in [-0.1, -0.05) is 30.3 Å². The van der Waals surface area contributed by atoms with Crippen LogP contribution >= 0.6 is 0 Å². The molecule has 1 atom stereocenters. The fraction of sp³-hybridized carbons (Fsp3) is 0.632. The molecule has 126 valence electrons. The average molecular weight is 316 g/mol. The van der Waals surface area contributed by atoms with Gasteiger partial charge in [-0.3, -0.25) is 0 Å². The Kier molecular flexibility index (Phi) is 5.55. The van der Waals surface area contributed by atoms with Crippen molar-refractivity contribution in [2.45, 2.75) is 69.6 Å². The highest BCUT2D eigenvalue weighted by atomic mass is 16.3. The first-order valence-corrected chi connectivity index (χ1v) is 9.01. The summed E-state index contributed by atoms with van der Waals surface area (Å²) in [7, 11) is 0. The van der Waals surface area contributed by atoms with Gasteiger partial charge in [-0.25, -0.2) is 4.79 Å². The summed E-state index contributed by atoms with van der Waals surface area (Å²) in [6.07, 6.45) is 7.55. The summed E-state index contributed by atoms with van der Waals surface area (Å²) in [4.78, 5) is 14.7. The number of aliphatic hydroxyl groups excluding tert-OH is 1. The molecule has 3 rings (SSSR count). The number of rotatable bonds is 3. The second kappa shape index (κ2) is 7.82. The van der Waals surface area contributed by atoms with E-state index in [0.29, 0.717) is 6.04 Å². The summed E-state index contributed by atoms with van der Waals surface area (Å²) >= 11 is 0. The summed E-state index contributed by atoms with van der Waals surface area (Å²) in [5.74, 6) is 0. The Labute approximate surface area is 138 Å². The monoisotopic (exact) mass is 316 g/mol. The smallest absolute Gasteiger partial charge is 0.317 e. The van der Waals surface area contributed by atoms with Crippen molar-refractivity contribution in [2.24, 2.45) is 0 Å². The minimum Gasteiger partial charge on any atom is -0.393 e. The maximum absolute atomic E-state index is 12.7. The van der Waals surface area contributed by atoms with Gasteiger partial charge in [0.1, 0.15) is 0 Å². The minimum absolute atomic E-state index is 0.0898. The van der Waals surface area contributed by atoms with Crippen molar-refractivity contribution in [3.63, 3.8) is 0 Å². The molecule has 4 nitrogen and oxygen atoms in total. The molecular formula is C19H28N2O2. The number of nitrogens with zero attached hydrogens (tertiary/aromatic N) is 1. The summed E-state index contributed by atoms with van der Waals surface area (Å²) in [5, 5.41) is 12.8. The molecule has 1 aliphatic heterocycles. The minimum atomic E-state index is -0.177. The number of amides is 2. The van der Waals surface area contributed by atoms with Crippen LogP contribution in [-0.4, -0.2) is 40.8 Å². The van der Waals surface area contributed by atoms with Gasteiger partial charge in [0.15, 0.2) is 0 Å². The van der Waals surface area contributed by atoms with E-state index in [1.165, 1.54) is 12.0 Å². The summed E-state index contributed by atoms with van der Waals surface area (Å²) < 4.78 is 0. The molecule has 2 fully saturated rings. The van der Waals surface area contributed by atoms with Gasteiger partial charge in [-0.2, -0.15) is 0 Å². The van der Waals surface area contributed by atoms with Crippen LogP contribution in [0.5, 0.6) is 0 Å². The zero-order chi connectivity index (χ0) is 16.1. The van der Waals surface area contributed by atoms with Crippen LogP contribution in [0.25, 0.3) is 0 Å². The topological polar surface area (TPSA) is 52.6 Å². The third-order valence-electron chi connectivity index (χ3n) is 5.23. The Morgan fingerprint density at radius 3 is 2.57 bits per heavy atom. The summed E-state index contributed by atoms with van der Waals surface area (Å²) in [6, 6.07) is 11.1. The Bertz CT molecular complexity index is 497. The molecule has 2 N–H and O–H groups in total. The predicted molar refractivity (Wildman–Crippen MR) is 91.3 cm³/mol. The maximum Gasteiger partial charge on any atom is 0.317 e. The standard InChI is InChI=1S/C19H28N2O2/c22-18-11-9-16(10-12-18)20-19(23)21-13-5-4-8-17(21)14-15-6-2-1-3-7-15/h1-3,6-7,16-18,22H,4-5,8-14H2,(H,20,23)/t16?,17-,18?/m1/s1. The Morgan fingerprint density at radius 1 is 1.09 bits per heavy atom. The molecule has 0 bridgehead atoms. The molecule has 0 unspecified atom stereocenters. The van der Waals surface area contributed by atoms with Crippen LogP contribution in [0, 0.1) is 0 Å². The van der Waals surface area contributed by atoms with Gasteiger partial charge >= 0.3 is 6.03 Å². The van der Waals surface area contributed by atoms with E-state index < -0.39 is 0 Å². The van der Waals surface area contributed by atoms with E-state index in [4.69, 9.17) is 0 Å². The SMILES string of the molecule is O=C(NC1CCC(O)CC1)N1CCCC[C@@H]1Cc1ccccc1. The Balaban J connectivity index is 1.58. The van der Waals surface area contributed by atoms with Gasteiger partial charge in [-0.05, 0) is 56.9 Å². The number of benzene rings is 1. The molecule has 0 aromatic heterocycles. The van der Waals surface area contributed by atoms with Gasteiger partial charge in [0.25, 0.3) is 0 Å². The van der Waals surface area contributed by atoms with Crippen LogP contribution in [0.15, 0.2) is 30.3 Å². The average Bonchev–Trinajstić information content (AvgIpc) is 2.58. The lowest BCUT2D eigenvalue weighted by atomic mass is 9.93. The van der Waals surface area contributed by atoms with E-state index in [-0.39, 0.29) is 18.2 Å². The molecule has 1 heterocycles. The van der Waals surface area contributed by atoms with Gasteiger partial charge < -0.3 is 15.3 Å². The van der Waals surface area contributed by atoms with Crippen LogP contribution in [0.4, 0.5) is 4.79 Å². The molecule has 1 aromatic carbocycles. The number of hydrogen-bond acceptors (Lipinski definition) is 2. The first-order valence-electron chi connectivity index (χ1n) is 9.01. The van der Waals surface area contributed by atoms with Crippen molar-refractivity contribution in [1.29, 1.82) is 0 Å². The number of likely N-dealkylation sites (tertiary alicyclic amines) is 1. The molecule has 1 aliphatic carbocycles. The zero-order valence-corrected chi connectivity index (χ0v) is 13.8. The van der Waals surface area contributed by atoms with E-state index in [9.17, 15) is 9.90 Å². The van der Waals surface area contributed by atoms with Crippen molar-refractivity contribution in [1.82, 2.24) is 10.2 Å². The Hall–Kier alpha value is -1.55. The first kappa shape index (κ1) is 16.3. The number of urea groups is 1. The number of nitrogens with one attached hydrogen (secondary N) is 1. The molecule has 0 radical (unpaired) electrons. The molecule has 4 heteroatoms. The van der Waals surface area contributed by atoms with Crippen molar-refractivity contribution >= 4 is 6.03 Å². The number of piperidine rings is 1. The van der Waals surface area contributed by atoms with E-state index in [0.717, 1.165) is 51.5 Å². The van der Waals surface area contributed by atoms with Crippen LogP contribution in [0.2, 0.25) is 0 Å².